The minimum Gasteiger partial charge on any atom is -0.486 e. The van der Waals surface area contributed by atoms with Crippen LogP contribution in [0, 0.1) is 5.82 Å². The summed E-state index contributed by atoms with van der Waals surface area (Å²) in [7, 11) is -3.42. The van der Waals surface area contributed by atoms with Gasteiger partial charge in [-0.25, -0.2) is 22.8 Å². The number of nitrogens with zero attached hydrogens (tertiary/aromatic N) is 2. The minimum atomic E-state index is -3.42. The molecule has 0 aliphatic carbocycles. The molecule has 6 nitrogen and oxygen atoms in total. The van der Waals surface area contributed by atoms with Crippen LogP contribution in [0.2, 0.25) is 0 Å². The van der Waals surface area contributed by atoms with E-state index in [1.807, 2.05) is 0 Å². The minimum absolute atomic E-state index is 0.0226. The molecule has 1 N–H and O–H groups in total. The molecule has 1 atom stereocenters. The lowest BCUT2D eigenvalue weighted by Crippen LogP contribution is -2.30. The van der Waals surface area contributed by atoms with Gasteiger partial charge in [0.1, 0.15) is 23.1 Å². The lowest BCUT2D eigenvalue weighted by molar-refractivity contribution is 0.292. The van der Waals surface area contributed by atoms with Crippen LogP contribution in [0.4, 0.5) is 4.39 Å². The second kappa shape index (κ2) is 7.45. The standard InChI is InChI=1S/C17H20FN3O3S/c1-25(22,23)15-10-20-16(11-24-14-6-2-5-13(18)8-14)21-17(15)12-4-3-7-19-9-12/h2,5-6,8,10,12,19H,3-4,7,9,11H2,1H3/t12-/m0/s1. The van der Waals surface area contributed by atoms with E-state index < -0.39 is 9.84 Å². The number of ether oxygens (including phenoxy) is 1. The first-order valence-electron chi connectivity index (χ1n) is 8.08. The lowest BCUT2D eigenvalue weighted by atomic mass is 9.96. The molecular weight excluding hydrogens is 345 g/mol. The van der Waals surface area contributed by atoms with E-state index in [2.05, 4.69) is 15.3 Å². The molecule has 1 aliphatic heterocycles. The van der Waals surface area contributed by atoms with E-state index in [1.165, 1.54) is 18.3 Å². The zero-order valence-electron chi connectivity index (χ0n) is 13.9. The van der Waals surface area contributed by atoms with Crippen LogP contribution in [0.1, 0.15) is 30.3 Å². The van der Waals surface area contributed by atoms with E-state index in [4.69, 9.17) is 4.74 Å². The average Bonchev–Trinajstić information content (AvgIpc) is 2.60. The van der Waals surface area contributed by atoms with Crippen LogP contribution in [0.5, 0.6) is 5.75 Å². The van der Waals surface area contributed by atoms with Gasteiger partial charge in [0.05, 0.1) is 5.69 Å². The summed E-state index contributed by atoms with van der Waals surface area (Å²) >= 11 is 0. The molecule has 134 valence electrons. The van der Waals surface area contributed by atoms with Crippen molar-refractivity contribution in [3.05, 3.63) is 47.8 Å². The van der Waals surface area contributed by atoms with Gasteiger partial charge >= 0.3 is 0 Å². The molecule has 0 spiro atoms. The van der Waals surface area contributed by atoms with Gasteiger partial charge in [-0.15, -0.1) is 0 Å². The molecular formula is C17H20FN3O3S. The first-order valence-corrected chi connectivity index (χ1v) is 9.97. The predicted octanol–water partition coefficient (Wildman–Crippen LogP) is 2.07. The molecule has 0 amide bonds. The Kier molecular flexibility index (Phi) is 5.29. The fraction of sp³-hybridized carbons (Fsp3) is 0.412. The Balaban J connectivity index is 1.85. The van der Waals surface area contributed by atoms with Gasteiger partial charge in [-0.1, -0.05) is 6.07 Å². The van der Waals surface area contributed by atoms with E-state index in [0.29, 0.717) is 23.8 Å². The predicted molar refractivity (Wildman–Crippen MR) is 90.7 cm³/mol. The molecule has 0 saturated carbocycles. The highest BCUT2D eigenvalue weighted by molar-refractivity contribution is 7.90. The molecule has 0 unspecified atom stereocenters. The third-order valence-corrected chi connectivity index (χ3v) is 5.19. The maximum absolute atomic E-state index is 13.2. The van der Waals surface area contributed by atoms with Gasteiger partial charge in [0.2, 0.25) is 0 Å². The molecule has 1 aliphatic rings. The number of nitrogens with one attached hydrogen (secondary N) is 1. The summed E-state index contributed by atoms with van der Waals surface area (Å²) in [6.45, 7) is 1.65. The first kappa shape index (κ1) is 17.8. The highest BCUT2D eigenvalue weighted by atomic mass is 32.2. The van der Waals surface area contributed by atoms with Crippen molar-refractivity contribution in [1.82, 2.24) is 15.3 Å². The van der Waals surface area contributed by atoms with Crippen LogP contribution >= 0.6 is 0 Å². The van der Waals surface area contributed by atoms with E-state index in [1.54, 1.807) is 12.1 Å². The molecule has 0 bridgehead atoms. The number of rotatable bonds is 5. The van der Waals surface area contributed by atoms with Crippen LogP contribution < -0.4 is 10.1 Å². The van der Waals surface area contributed by atoms with Crippen LogP contribution in [-0.4, -0.2) is 37.7 Å². The topological polar surface area (TPSA) is 81.2 Å². The normalized spacial score (nSPS) is 18.1. The third kappa shape index (κ3) is 4.52. The monoisotopic (exact) mass is 365 g/mol. The van der Waals surface area contributed by atoms with E-state index in [0.717, 1.165) is 25.6 Å². The van der Waals surface area contributed by atoms with E-state index in [-0.39, 0.29) is 23.2 Å². The summed E-state index contributed by atoms with van der Waals surface area (Å²) in [5, 5.41) is 3.27. The van der Waals surface area contributed by atoms with Gasteiger partial charge in [-0.3, -0.25) is 0 Å². The van der Waals surface area contributed by atoms with Gasteiger partial charge in [-0.2, -0.15) is 0 Å². The quantitative estimate of drug-likeness (QED) is 0.874. The molecule has 3 rings (SSSR count). The van der Waals surface area contributed by atoms with Crippen molar-refractivity contribution in [3.63, 3.8) is 0 Å². The van der Waals surface area contributed by atoms with Crippen molar-refractivity contribution >= 4 is 9.84 Å². The molecule has 1 aromatic heterocycles. The number of halogens is 1. The molecule has 0 radical (unpaired) electrons. The number of aromatic nitrogens is 2. The Morgan fingerprint density at radius 2 is 2.24 bits per heavy atom. The fourth-order valence-corrected chi connectivity index (χ4v) is 3.70. The third-order valence-electron chi connectivity index (χ3n) is 4.08. The summed E-state index contributed by atoms with van der Waals surface area (Å²) in [5.74, 6) is 0.378. The number of hydrogen-bond acceptors (Lipinski definition) is 6. The van der Waals surface area contributed by atoms with Crippen molar-refractivity contribution in [2.24, 2.45) is 0 Å². The summed E-state index contributed by atoms with van der Waals surface area (Å²) in [6, 6.07) is 5.80. The lowest BCUT2D eigenvalue weighted by Gasteiger charge is -2.24. The van der Waals surface area contributed by atoms with Gasteiger partial charge in [0.15, 0.2) is 15.7 Å². The zero-order chi connectivity index (χ0) is 17.9. The molecule has 8 heteroatoms. The van der Waals surface area contributed by atoms with Crippen LogP contribution in [-0.2, 0) is 16.4 Å². The number of hydrogen-bond donors (Lipinski definition) is 1. The highest BCUT2D eigenvalue weighted by Crippen LogP contribution is 2.27. The van der Waals surface area contributed by atoms with Crippen molar-refractivity contribution < 1.29 is 17.5 Å². The fourth-order valence-electron chi connectivity index (χ4n) is 2.86. The summed E-state index contributed by atoms with van der Waals surface area (Å²) < 4.78 is 42.8. The van der Waals surface area contributed by atoms with Crippen molar-refractivity contribution in [2.45, 2.75) is 30.3 Å². The maximum Gasteiger partial charge on any atom is 0.178 e. The van der Waals surface area contributed by atoms with Crippen LogP contribution in [0.25, 0.3) is 0 Å². The molecule has 2 heterocycles. The highest BCUT2D eigenvalue weighted by Gasteiger charge is 2.25. The van der Waals surface area contributed by atoms with Crippen molar-refractivity contribution in [2.75, 3.05) is 19.3 Å². The Bertz CT molecular complexity index is 852. The van der Waals surface area contributed by atoms with Crippen molar-refractivity contribution in [3.8, 4) is 5.75 Å². The van der Waals surface area contributed by atoms with Crippen molar-refractivity contribution in [1.29, 1.82) is 0 Å². The zero-order valence-corrected chi connectivity index (χ0v) is 14.7. The van der Waals surface area contributed by atoms with Gasteiger partial charge in [0.25, 0.3) is 0 Å². The van der Waals surface area contributed by atoms with Crippen LogP contribution in [0.3, 0.4) is 0 Å². The number of piperidine rings is 1. The number of benzene rings is 1. The molecule has 2 aromatic rings. The second-order valence-corrected chi connectivity index (χ2v) is 8.08. The molecule has 1 saturated heterocycles. The molecule has 1 aromatic carbocycles. The van der Waals surface area contributed by atoms with E-state index >= 15 is 0 Å². The van der Waals surface area contributed by atoms with E-state index in [9.17, 15) is 12.8 Å². The van der Waals surface area contributed by atoms with Gasteiger partial charge < -0.3 is 10.1 Å². The maximum atomic E-state index is 13.2. The second-order valence-electron chi connectivity index (χ2n) is 6.10. The summed E-state index contributed by atoms with van der Waals surface area (Å²) in [4.78, 5) is 8.72. The molecule has 1 fully saturated rings. The Hall–Kier alpha value is -2.06. The summed E-state index contributed by atoms with van der Waals surface area (Å²) in [6.07, 6.45) is 4.34. The van der Waals surface area contributed by atoms with Crippen LogP contribution in [0.15, 0.2) is 35.4 Å². The average molecular weight is 365 g/mol. The summed E-state index contributed by atoms with van der Waals surface area (Å²) in [5.41, 5.74) is 0.530. The Labute approximate surface area is 146 Å². The smallest absolute Gasteiger partial charge is 0.178 e. The number of sulfone groups is 1. The Morgan fingerprint density at radius 1 is 1.40 bits per heavy atom. The SMILES string of the molecule is CS(=O)(=O)c1cnc(COc2cccc(F)c2)nc1[C@H]1CCCNC1. The first-order chi connectivity index (χ1) is 11.9. The van der Waals surface area contributed by atoms with Gasteiger partial charge in [-0.05, 0) is 31.5 Å². The van der Waals surface area contributed by atoms with Gasteiger partial charge in [0, 0.05) is 31.0 Å². The largest absolute Gasteiger partial charge is 0.486 e. The Morgan fingerprint density at radius 3 is 2.92 bits per heavy atom. The molecule has 25 heavy (non-hydrogen) atoms.